The van der Waals surface area contributed by atoms with Gasteiger partial charge in [-0.25, -0.2) is 9.97 Å². The van der Waals surface area contributed by atoms with Crippen LogP contribution in [-0.4, -0.2) is 56.3 Å². The van der Waals surface area contributed by atoms with Gasteiger partial charge in [-0.2, -0.15) is 0 Å². The second kappa shape index (κ2) is 8.73. The highest BCUT2D eigenvalue weighted by atomic mass is 16.4. The predicted octanol–water partition coefficient (Wildman–Crippen LogP) is 3.27. The fourth-order valence-corrected chi connectivity index (χ4v) is 3.98. The van der Waals surface area contributed by atoms with Crippen molar-refractivity contribution in [2.75, 3.05) is 26.2 Å². The molecule has 158 valence electrons. The van der Waals surface area contributed by atoms with Gasteiger partial charge in [0, 0.05) is 63.5 Å². The first-order chi connectivity index (χ1) is 15.2. The smallest absolute Gasteiger partial charge is 0.223 e. The molecule has 4 aromatic rings. The Bertz CT molecular complexity index is 1130. The lowest BCUT2D eigenvalue weighted by Gasteiger charge is -2.34. The molecular formula is C24H25N5O2. The average molecular weight is 415 g/mol. The Morgan fingerprint density at radius 2 is 1.81 bits per heavy atom. The molecule has 1 aliphatic heterocycles. The lowest BCUT2D eigenvalue weighted by Crippen LogP contribution is -2.48. The molecule has 1 saturated heterocycles. The Kier molecular flexibility index (Phi) is 5.50. The van der Waals surface area contributed by atoms with Crippen LogP contribution in [0.4, 0.5) is 0 Å². The van der Waals surface area contributed by atoms with Gasteiger partial charge in [-0.15, -0.1) is 0 Å². The number of nitrogens with zero attached hydrogens (tertiary/aromatic N) is 5. The summed E-state index contributed by atoms with van der Waals surface area (Å²) < 4.78 is 7.86. The maximum atomic E-state index is 12.7. The highest BCUT2D eigenvalue weighted by molar-refractivity contribution is 5.76. The lowest BCUT2D eigenvalue weighted by atomic mass is 10.2. The van der Waals surface area contributed by atoms with Gasteiger partial charge in [0.05, 0.1) is 11.9 Å². The van der Waals surface area contributed by atoms with Crippen LogP contribution in [0.25, 0.3) is 17.0 Å². The molecule has 0 spiro atoms. The van der Waals surface area contributed by atoms with Crippen molar-refractivity contribution < 1.29 is 9.21 Å². The fourth-order valence-electron chi connectivity index (χ4n) is 3.98. The van der Waals surface area contributed by atoms with Crippen molar-refractivity contribution in [3.63, 3.8) is 0 Å². The first-order valence-electron chi connectivity index (χ1n) is 10.7. The van der Waals surface area contributed by atoms with E-state index in [1.165, 1.54) is 0 Å². The van der Waals surface area contributed by atoms with E-state index in [9.17, 15) is 4.79 Å². The molecule has 1 aliphatic rings. The van der Waals surface area contributed by atoms with Crippen LogP contribution in [-0.2, 0) is 17.8 Å². The number of carbonyl (C=O) groups excluding carboxylic acids is 1. The number of amides is 1. The lowest BCUT2D eigenvalue weighted by molar-refractivity contribution is -0.133. The van der Waals surface area contributed by atoms with Gasteiger partial charge in [0.2, 0.25) is 5.91 Å². The minimum absolute atomic E-state index is 0.159. The molecule has 7 nitrogen and oxygen atoms in total. The van der Waals surface area contributed by atoms with Gasteiger partial charge in [-0.1, -0.05) is 36.4 Å². The average Bonchev–Trinajstić information content (AvgIpc) is 3.45. The van der Waals surface area contributed by atoms with Crippen LogP contribution in [0, 0.1) is 0 Å². The Balaban J connectivity index is 1.10. The Hall–Kier alpha value is -3.45. The summed E-state index contributed by atoms with van der Waals surface area (Å²) in [4.78, 5) is 26.0. The number of rotatable bonds is 6. The van der Waals surface area contributed by atoms with Crippen molar-refractivity contribution in [2.45, 2.75) is 19.4 Å². The largest absolute Gasteiger partial charge is 0.441 e. The van der Waals surface area contributed by atoms with Crippen molar-refractivity contribution in [3.05, 3.63) is 78.7 Å². The summed E-state index contributed by atoms with van der Waals surface area (Å²) in [5.41, 5.74) is 3.02. The minimum Gasteiger partial charge on any atom is -0.441 e. The molecule has 1 aromatic carbocycles. The molecule has 7 heteroatoms. The van der Waals surface area contributed by atoms with E-state index < -0.39 is 0 Å². The van der Waals surface area contributed by atoms with Crippen LogP contribution < -0.4 is 0 Å². The third-order valence-electron chi connectivity index (χ3n) is 5.69. The normalized spacial score (nSPS) is 14.9. The van der Waals surface area contributed by atoms with Crippen molar-refractivity contribution in [1.29, 1.82) is 0 Å². The summed E-state index contributed by atoms with van der Waals surface area (Å²) in [6, 6.07) is 15.9. The number of hydrogen-bond donors (Lipinski definition) is 0. The summed E-state index contributed by atoms with van der Waals surface area (Å²) >= 11 is 0. The highest BCUT2D eigenvalue weighted by Gasteiger charge is 2.22. The summed E-state index contributed by atoms with van der Waals surface area (Å²) in [6.07, 6.45) is 6.76. The van der Waals surface area contributed by atoms with Gasteiger partial charge in [0.25, 0.3) is 0 Å². The standard InChI is InChI=1S/C24H25N5O2/c30-24(10-9-23-25-16-21(31-23)19-6-2-1-3-7-19)28-14-12-27(13-15-28)17-20-18-29-11-5-4-8-22(29)26-20/h1-8,11,16,18H,9-10,12-15,17H2. The number of pyridine rings is 1. The molecule has 0 unspecified atom stereocenters. The predicted molar refractivity (Wildman–Crippen MR) is 117 cm³/mol. The summed E-state index contributed by atoms with van der Waals surface area (Å²) in [6.45, 7) is 4.01. The van der Waals surface area contributed by atoms with Crippen LogP contribution in [0.5, 0.6) is 0 Å². The van der Waals surface area contributed by atoms with Gasteiger partial charge < -0.3 is 13.7 Å². The van der Waals surface area contributed by atoms with Gasteiger partial charge in [0.1, 0.15) is 5.65 Å². The monoisotopic (exact) mass is 415 g/mol. The van der Waals surface area contributed by atoms with Crippen molar-refractivity contribution in [1.82, 2.24) is 24.2 Å². The molecule has 0 bridgehead atoms. The molecule has 0 N–H and O–H groups in total. The molecule has 0 aliphatic carbocycles. The zero-order valence-electron chi connectivity index (χ0n) is 17.4. The molecule has 1 amide bonds. The second-order valence-electron chi connectivity index (χ2n) is 7.84. The Labute approximate surface area is 180 Å². The molecule has 31 heavy (non-hydrogen) atoms. The first-order valence-corrected chi connectivity index (χ1v) is 10.7. The van der Waals surface area contributed by atoms with E-state index >= 15 is 0 Å². The van der Waals surface area contributed by atoms with Crippen LogP contribution >= 0.6 is 0 Å². The van der Waals surface area contributed by atoms with E-state index in [1.54, 1.807) is 6.20 Å². The fraction of sp³-hybridized carbons (Fsp3) is 0.292. The molecule has 1 fully saturated rings. The quantitative estimate of drug-likeness (QED) is 0.484. The van der Waals surface area contributed by atoms with Crippen LogP contribution in [0.3, 0.4) is 0 Å². The van der Waals surface area contributed by atoms with Gasteiger partial charge in [0.15, 0.2) is 11.7 Å². The van der Waals surface area contributed by atoms with E-state index in [4.69, 9.17) is 4.42 Å². The molecule has 0 atom stereocenters. The van der Waals surface area contributed by atoms with Crippen LogP contribution in [0.1, 0.15) is 18.0 Å². The Morgan fingerprint density at radius 3 is 2.61 bits per heavy atom. The Morgan fingerprint density at radius 1 is 1.00 bits per heavy atom. The summed E-state index contributed by atoms with van der Waals surface area (Å²) in [5.74, 6) is 1.51. The van der Waals surface area contributed by atoms with E-state index in [0.29, 0.717) is 18.7 Å². The second-order valence-corrected chi connectivity index (χ2v) is 7.84. The van der Waals surface area contributed by atoms with E-state index in [-0.39, 0.29) is 5.91 Å². The maximum absolute atomic E-state index is 12.7. The number of aryl methyl sites for hydroxylation is 1. The number of benzene rings is 1. The number of carbonyl (C=O) groups is 1. The number of piperazine rings is 1. The molecular weight excluding hydrogens is 390 g/mol. The van der Waals surface area contributed by atoms with Crippen molar-refractivity contribution in [3.8, 4) is 11.3 Å². The molecule has 0 radical (unpaired) electrons. The third-order valence-corrected chi connectivity index (χ3v) is 5.69. The van der Waals surface area contributed by atoms with Crippen LogP contribution in [0.2, 0.25) is 0 Å². The van der Waals surface area contributed by atoms with Crippen molar-refractivity contribution >= 4 is 11.6 Å². The SMILES string of the molecule is O=C(CCc1ncc(-c2ccccc2)o1)N1CCN(Cc2cn3ccccc3n2)CC1. The summed E-state index contributed by atoms with van der Waals surface area (Å²) in [5, 5.41) is 0. The number of oxazole rings is 1. The van der Waals surface area contributed by atoms with Crippen LogP contribution in [0.15, 0.2) is 71.5 Å². The topological polar surface area (TPSA) is 66.9 Å². The van der Waals surface area contributed by atoms with Gasteiger partial charge >= 0.3 is 0 Å². The minimum atomic E-state index is 0.159. The zero-order chi connectivity index (χ0) is 21.0. The summed E-state index contributed by atoms with van der Waals surface area (Å²) in [7, 11) is 0. The molecule has 4 heterocycles. The highest BCUT2D eigenvalue weighted by Crippen LogP contribution is 2.20. The van der Waals surface area contributed by atoms with Gasteiger partial charge in [-0.3, -0.25) is 9.69 Å². The molecule has 3 aromatic heterocycles. The number of fused-ring (bicyclic) bond motifs is 1. The van der Waals surface area contributed by atoms with E-state index in [2.05, 4.69) is 21.1 Å². The number of aromatic nitrogens is 3. The number of imidazole rings is 1. The van der Waals surface area contributed by atoms with E-state index in [0.717, 1.165) is 55.4 Å². The maximum Gasteiger partial charge on any atom is 0.223 e. The number of hydrogen-bond acceptors (Lipinski definition) is 5. The zero-order valence-corrected chi connectivity index (χ0v) is 17.4. The van der Waals surface area contributed by atoms with Gasteiger partial charge in [-0.05, 0) is 12.1 Å². The molecule has 0 saturated carbocycles. The van der Waals surface area contributed by atoms with E-state index in [1.807, 2.05) is 64.0 Å². The van der Waals surface area contributed by atoms with Crippen molar-refractivity contribution in [2.24, 2.45) is 0 Å². The third kappa shape index (κ3) is 4.51. The first kappa shape index (κ1) is 19.5. The molecule has 5 rings (SSSR count).